The first kappa shape index (κ1) is 13.0. The summed E-state index contributed by atoms with van der Waals surface area (Å²) in [6.07, 6.45) is 0. The third-order valence-corrected chi connectivity index (χ3v) is 3.63. The Bertz CT molecular complexity index is 463. The lowest BCUT2D eigenvalue weighted by molar-refractivity contribution is 0.102. The van der Waals surface area contributed by atoms with E-state index >= 15 is 0 Å². The summed E-state index contributed by atoms with van der Waals surface area (Å²) in [6, 6.07) is 6.20. The SMILES string of the molecule is COc1ccc(C(=O)CSS(=O)(=O)[O-])cc1. The fourth-order valence-electron chi connectivity index (χ4n) is 0.986. The van der Waals surface area contributed by atoms with Crippen molar-refractivity contribution in [2.75, 3.05) is 12.9 Å². The summed E-state index contributed by atoms with van der Waals surface area (Å²) >= 11 is 0. The first-order valence-corrected chi connectivity index (χ1v) is 7.11. The van der Waals surface area contributed by atoms with Crippen molar-refractivity contribution in [2.24, 2.45) is 0 Å². The van der Waals surface area contributed by atoms with Crippen LogP contribution in [0.5, 0.6) is 5.75 Å². The minimum atomic E-state index is -4.42. The summed E-state index contributed by atoms with van der Waals surface area (Å²) in [5.74, 6) is -0.189. The monoisotopic (exact) mass is 261 g/mol. The minimum absolute atomic E-state index is 0.0823. The standard InChI is InChI=1S/C9H10O5S2/c1-14-8-4-2-7(3-5-8)9(10)6-15-16(11,12)13/h2-5H,6H2,1H3,(H,11,12,13)/p-1. The predicted molar refractivity (Wildman–Crippen MR) is 59.5 cm³/mol. The number of benzene rings is 1. The van der Waals surface area contributed by atoms with Gasteiger partial charge in [-0.05, 0) is 35.1 Å². The zero-order chi connectivity index (χ0) is 12.2. The van der Waals surface area contributed by atoms with Gasteiger partial charge in [-0.25, -0.2) is 8.42 Å². The molecular weight excluding hydrogens is 252 g/mol. The van der Waals surface area contributed by atoms with Crippen LogP contribution in [0.1, 0.15) is 10.4 Å². The summed E-state index contributed by atoms with van der Waals surface area (Å²) in [5.41, 5.74) is 0.344. The number of hydrogen-bond donors (Lipinski definition) is 0. The molecule has 88 valence electrons. The van der Waals surface area contributed by atoms with Gasteiger partial charge in [0.2, 0.25) is 0 Å². The molecule has 0 N–H and O–H groups in total. The van der Waals surface area contributed by atoms with Gasteiger partial charge < -0.3 is 9.29 Å². The largest absolute Gasteiger partial charge is 0.739 e. The summed E-state index contributed by atoms with van der Waals surface area (Å²) in [6.45, 7) is 0. The molecule has 0 spiro atoms. The first-order valence-electron chi connectivity index (χ1n) is 4.20. The van der Waals surface area contributed by atoms with Gasteiger partial charge >= 0.3 is 0 Å². The van der Waals surface area contributed by atoms with Crippen molar-refractivity contribution in [3.05, 3.63) is 29.8 Å². The third-order valence-electron chi connectivity index (χ3n) is 1.75. The molecule has 0 unspecified atom stereocenters. The second kappa shape index (κ2) is 5.33. The van der Waals surface area contributed by atoms with Crippen LogP contribution >= 0.6 is 10.8 Å². The van der Waals surface area contributed by atoms with E-state index in [0.29, 0.717) is 11.3 Å². The average molecular weight is 261 g/mol. The average Bonchev–Trinajstić information content (AvgIpc) is 2.25. The molecule has 0 saturated heterocycles. The van der Waals surface area contributed by atoms with Gasteiger partial charge in [-0.1, -0.05) is 0 Å². The van der Waals surface area contributed by atoms with Crippen LogP contribution in [0.2, 0.25) is 0 Å². The van der Waals surface area contributed by atoms with E-state index in [0.717, 1.165) is 0 Å². The highest BCUT2D eigenvalue weighted by Gasteiger charge is 2.08. The lowest BCUT2D eigenvalue weighted by atomic mass is 10.1. The van der Waals surface area contributed by atoms with Gasteiger partial charge in [0.15, 0.2) is 5.78 Å². The van der Waals surface area contributed by atoms with Crippen LogP contribution in [-0.4, -0.2) is 31.6 Å². The highest BCUT2D eigenvalue weighted by molar-refractivity contribution is 8.70. The molecule has 0 atom stereocenters. The van der Waals surface area contributed by atoms with E-state index in [1.54, 1.807) is 12.1 Å². The molecule has 0 saturated carbocycles. The normalized spacial score (nSPS) is 11.1. The van der Waals surface area contributed by atoms with Crippen LogP contribution in [0.25, 0.3) is 0 Å². The lowest BCUT2D eigenvalue weighted by Crippen LogP contribution is -2.05. The van der Waals surface area contributed by atoms with Crippen LogP contribution in [0.3, 0.4) is 0 Å². The van der Waals surface area contributed by atoms with Crippen LogP contribution < -0.4 is 4.74 Å². The molecular formula is C9H9O5S2-. The Morgan fingerprint density at radius 2 is 1.94 bits per heavy atom. The molecule has 0 radical (unpaired) electrons. The van der Waals surface area contributed by atoms with E-state index in [1.165, 1.54) is 19.2 Å². The second-order valence-corrected chi connectivity index (χ2v) is 6.09. The Kier molecular flexibility index (Phi) is 4.34. The maximum atomic E-state index is 11.4. The molecule has 0 amide bonds. The highest BCUT2D eigenvalue weighted by atomic mass is 33.1. The number of carbonyl (C=O) groups excluding carboxylic acids is 1. The van der Waals surface area contributed by atoms with Crippen molar-refractivity contribution in [1.82, 2.24) is 0 Å². The number of ketones is 1. The van der Waals surface area contributed by atoms with Crippen molar-refractivity contribution in [1.29, 1.82) is 0 Å². The van der Waals surface area contributed by atoms with Gasteiger partial charge in [0.25, 0.3) is 0 Å². The predicted octanol–water partition coefficient (Wildman–Crippen LogP) is 1.07. The number of ether oxygens (including phenoxy) is 1. The van der Waals surface area contributed by atoms with E-state index < -0.39 is 14.9 Å². The third kappa shape index (κ3) is 4.21. The Balaban J connectivity index is 2.66. The Labute approximate surface area is 97.0 Å². The molecule has 0 aliphatic rings. The molecule has 1 aromatic rings. The van der Waals surface area contributed by atoms with Crippen molar-refractivity contribution >= 4 is 25.7 Å². The van der Waals surface area contributed by atoms with Gasteiger partial charge in [0.05, 0.1) is 12.9 Å². The number of Topliss-reactive ketones (excluding diaryl/α,β-unsaturated/α-hetero) is 1. The summed E-state index contributed by atoms with van der Waals surface area (Å²) in [4.78, 5) is 11.4. The van der Waals surface area contributed by atoms with Gasteiger partial charge in [-0.3, -0.25) is 4.79 Å². The molecule has 0 fully saturated rings. The molecule has 0 aromatic heterocycles. The van der Waals surface area contributed by atoms with Crippen LogP contribution in [0.4, 0.5) is 0 Å². The minimum Gasteiger partial charge on any atom is -0.739 e. The second-order valence-electron chi connectivity index (χ2n) is 2.82. The topological polar surface area (TPSA) is 83.5 Å². The molecule has 0 bridgehead atoms. The van der Waals surface area contributed by atoms with E-state index in [4.69, 9.17) is 4.74 Å². The molecule has 7 heteroatoms. The van der Waals surface area contributed by atoms with Crippen LogP contribution in [0, 0.1) is 0 Å². The number of rotatable bonds is 5. The van der Waals surface area contributed by atoms with Crippen molar-refractivity contribution < 1.29 is 22.5 Å². The van der Waals surface area contributed by atoms with Gasteiger partial charge in [-0.2, -0.15) is 0 Å². The van der Waals surface area contributed by atoms with Crippen molar-refractivity contribution in [3.63, 3.8) is 0 Å². The molecule has 0 heterocycles. The van der Waals surface area contributed by atoms with Gasteiger partial charge in [0, 0.05) is 5.56 Å². The highest BCUT2D eigenvalue weighted by Crippen LogP contribution is 2.15. The van der Waals surface area contributed by atoms with Crippen molar-refractivity contribution in [2.45, 2.75) is 0 Å². The molecule has 0 aliphatic carbocycles. The van der Waals surface area contributed by atoms with Gasteiger partial charge in [-0.15, -0.1) is 0 Å². The zero-order valence-corrected chi connectivity index (χ0v) is 10.0. The molecule has 0 aliphatic heterocycles. The first-order chi connectivity index (χ1) is 7.42. The molecule has 5 nitrogen and oxygen atoms in total. The molecule has 1 rings (SSSR count). The van der Waals surface area contributed by atoms with Crippen LogP contribution in [-0.2, 0) is 9.15 Å². The fourth-order valence-corrected chi connectivity index (χ4v) is 2.16. The fraction of sp³-hybridized carbons (Fsp3) is 0.222. The van der Waals surface area contributed by atoms with E-state index in [9.17, 15) is 17.8 Å². The Morgan fingerprint density at radius 3 is 2.38 bits per heavy atom. The summed E-state index contributed by atoms with van der Waals surface area (Å²) in [5, 5.41) is 0. The lowest BCUT2D eigenvalue weighted by Gasteiger charge is -2.05. The summed E-state index contributed by atoms with van der Waals surface area (Å²) in [7, 11) is -2.84. The maximum absolute atomic E-state index is 11.4. The zero-order valence-electron chi connectivity index (χ0n) is 8.37. The Hall–Kier alpha value is -1.05. The maximum Gasteiger partial charge on any atom is 0.173 e. The summed E-state index contributed by atoms with van der Waals surface area (Å²) < 4.78 is 35.8. The molecule has 16 heavy (non-hydrogen) atoms. The smallest absolute Gasteiger partial charge is 0.173 e. The Morgan fingerprint density at radius 1 is 1.38 bits per heavy atom. The molecule has 1 aromatic carbocycles. The van der Waals surface area contributed by atoms with E-state index in [2.05, 4.69) is 0 Å². The van der Waals surface area contributed by atoms with Crippen molar-refractivity contribution in [3.8, 4) is 5.75 Å². The van der Waals surface area contributed by atoms with E-state index in [1.807, 2.05) is 0 Å². The number of methoxy groups -OCH3 is 1. The quantitative estimate of drug-likeness (QED) is 0.448. The van der Waals surface area contributed by atoms with E-state index in [-0.39, 0.29) is 16.5 Å². The number of hydrogen-bond acceptors (Lipinski definition) is 6. The van der Waals surface area contributed by atoms with Crippen LogP contribution in [0.15, 0.2) is 24.3 Å². The van der Waals surface area contributed by atoms with Gasteiger partial charge in [0.1, 0.15) is 14.9 Å². The number of carbonyl (C=O) groups is 1.